The van der Waals surface area contributed by atoms with E-state index >= 15 is 0 Å². The molecule has 2 heterocycles. The minimum absolute atomic E-state index is 0.00323. The van der Waals surface area contributed by atoms with Gasteiger partial charge in [-0.1, -0.05) is 42.5 Å². The molecule has 0 saturated carbocycles. The average molecular weight is 579 g/mol. The Morgan fingerprint density at radius 1 is 0.810 bits per heavy atom. The van der Waals surface area contributed by atoms with Crippen molar-refractivity contribution < 1.29 is 27.5 Å². The Morgan fingerprint density at radius 3 is 2.26 bits per heavy atom. The molecule has 0 fully saturated rings. The third-order valence-corrected chi connectivity index (χ3v) is 6.26. The fourth-order valence-corrected chi connectivity index (χ4v) is 4.30. The first kappa shape index (κ1) is 30.2. The zero-order valence-corrected chi connectivity index (χ0v) is 22.6. The van der Waals surface area contributed by atoms with Crippen LogP contribution in [-0.4, -0.2) is 32.8 Å². The van der Waals surface area contributed by atoms with E-state index in [-0.39, 0.29) is 42.3 Å². The SMILES string of the molecule is O=C(Cc1cccc(OC(F)(F)F)c1)Cc1ccc(CCCCn2ccc(NC(=O)Cc3ccccc3)cc2=O)nn1. The minimum atomic E-state index is -4.80. The summed E-state index contributed by atoms with van der Waals surface area (Å²) in [6.45, 7) is 0.506. The van der Waals surface area contributed by atoms with E-state index < -0.39 is 6.36 Å². The summed E-state index contributed by atoms with van der Waals surface area (Å²) in [5.74, 6) is -0.783. The Bertz CT molecular complexity index is 1560. The second-order valence-corrected chi connectivity index (χ2v) is 9.72. The number of carbonyl (C=O) groups excluding carboxylic acids is 2. The van der Waals surface area contributed by atoms with E-state index in [1.54, 1.807) is 35.0 Å². The van der Waals surface area contributed by atoms with Gasteiger partial charge in [0.1, 0.15) is 11.5 Å². The molecular formula is C31H29F3N4O4. The second-order valence-electron chi connectivity index (χ2n) is 9.72. The van der Waals surface area contributed by atoms with Crippen molar-refractivity contribution in [2.45, 2.75) is 51.4 Å². The molecule has 0 unspecified atom stereocenters. The highest BCUT2D eigenvalue weighted by Gasteiger charge is 2.31. The zero-order valence-electron chi connectivity index (χ0n) is 22.6. The molecular weight excluding hydrogens is 549 g/mol. The summed E-state index contributed by atoms with van der Waals surface area (Å²) in [6.07, 6.45) is -0.858. The van der Waals surface area contributed by atoms with E-state index in [2.05, 4.69) is 20.3 Å². The molecule has 0 aliphatic rings. The van der Waals surface area contributed by atoms with Crippen LogP contribution < -0.4 is 15.6 Å². The number of halogens is 3. The van der Waals surface area contributed by atoms with E-state index in [1.807, 2.05) is 30.3 Å². The Morgan fingerprint density at radius 2 is 1.55 bits per heavy atom. The van der Waals surface area contributed by atoms with Crippen molar-refractivity contribution in [1.29, 1.82) is 0 Å². The lowest BCUT2D eigenvalue weighted by Gasteiger charge is -2.10. The number of nitrogens with one attached hydrogen (secondary N) is 1. The summed E-state index contributed by atoms with van der Waals surface area (Å²) >= 11 is 0. The van der Waals surface area contributed by atoms with Crippen LogP contribution in [0.5, 0.6) is 5.75 Å². The molecule has 2 aromatic carbocycles. The van der Waals surface area contributed by atoms with Crippen LogP contribution in [0.3, 0.4) is 0 Å². The van der Waals surface area contributed by atoms with Gasteiger partial charge in [0.2, 0.25) is 5.91 Å². The minimum Gasteiger partial charge on any atom is -0.406 e. The lowest BCUT2D eigenvalue weighted by molar-refractivity contribution is -0.274. The number of aromatic nitrogens is 3. The number of anilines is 1. The summed E-state index contributed by atoms with van der Waals surface area (Å²) in [6, 6.07) is 21.3. The highest BCUT2D eigenvalue weighted by molar-refractivity contribution is 5.92. The van der Waals surface area contributed by atoms with Gasteiger partial charge in [0.15, 0.2) is 0 Å². The number of pyridine rings is 1. The molecule has 11 heteroatoms. The van der Waals surface area contributed by atoms with Crippen LogP contribution >= 0.6 is 0 Å². The average Bonchev–Trinajstić information content (AvgIpc) is 2.92. The molecule has 1 amide bonds. The first-order chi connectivity index (χ1) is 20.1. The van der Waals surface area contributed by atoms with Crippen LogP contribution in [0.2, 0.25) is 0 Å². The van der Waals surface area contributed by atoms with Gasteiger partial charge in [-0.05, 0) is 60.7 Å². The number of ketones is 1. The predicted octanol–water partition coefficient (Wildman–Crippen LogP) is 5.10. The Kier molecular flexibility index (Phi) is 10.2. The maximum absolute atomic E-state index is 12.5. The van der Waals surface area contributed by atoms with Gasteiger partial charge in [-0.3, -0.25) is 14.4 Å². The van der Waals surface area contributed by atoms with E-state index in [4.69, 9.17) is 0 Å². The van der Waals surface area contributed by atoms with Crippen molar-refractivity contribution >= 4 is 17.4 Å². The first-order valence-corrected chi connectivity index (χ1v) is 13.3. The highest BCUT2D eigenvalue weighted by Crippen LogP contribution is 2.23. The molecule has 218 valence electrons. The summed E-state index contributed by atoms with van der Waals surface area (Å²) < 4.78 is 42.7. The number of aryl methyl sites for hydroxylation is 2. The first-order valence-electron chi connectivity index (χ1n) is 13.3. The van der Waals surface area contributed by atoms with Gasteiger partial charge in [0, 0.05) is 30.9 Å². The van der Waals surface area contributed by atoms with Crippen LogP contribution in [0.25, 0.3) is 0 Å². The van der Waals surface area contributed by atoms with Crippen LogP contribution in [0.15, 0.2) is 89.9 Å². The van der Waals surface area contributed by atoms with Gasteiger partial charge in [0.05, 0.1) is 24.2 Å². The molecule has 0 aliphatic heterocycles. The maximum Gasteiger partial charge on any atom is 0.573 e. The molecule has 0 radical (unpaired) electrons. The molecule has 4 aromatic rings. The van der Waals surface area contributed by atoms with Gasteiger partial charge in [-0.2, -0.15) is 10.2 Å². The number of hydrogen-bond acceptors (Lipinski definition) is 6. The number of unbranched alkanes of at least 4 members (excludes halogenated alkanes) is 1. The molecule has 0 atom stereocenters. The largest absolute Gasteiger partial charge is 0.573 e. The van der Waals surface area contributed by atoms with E-state index in [0.717, 1.165) is 24.1 Å². The fourth-order valence-electron chi connectivity index (χ4n) is 4.30. The van der Waals surface area contributed by atoms with Crippen molar-refractivity contribution in [1.82, 2.24) is 14.8 Å². The topological polar surface area (TPSA) is 103 Å². The summed E-state index contributed by atoms with van der Waals surface area (Å²) in [7, 11) is 0. The normalized spacial score (nSPS) is 11.2. The lowest BCUT2D eigenvalue weighted by Crippen LogP contribution is -2.21. The molecule has 42 heavy (non-hydrogen) atoms. The quantitative estimate of drug-likeness (QED) is 0.222. The standard InChI is InChI=1S/C31H29F3N4O4/c32-31(33,34)42-28-11-6-9-23(18-28)17-27(39)20-26-13-12-24(36-37-26)10-4-5-15-38-16-14-25(21-30(38)41)35-29(40)19-22-7-2-1-3-8-22/h1-3,6-9,11-14,16,18,21H,4-5,10,15,17,19-20H2,(H,35,40). The smallest absolute Gasteiger partial charge is 0.406 e. The van der Waals surface area contributed by atoms with Gasteiger partial charge < -0.3 is 14.6 Å². The van der Waals surface area contributed by atoms with Crippen LogP contribution in [0.1, 0.15) is 35.4 Å². The number of amides is 1. The van der Waals surface area contributed by atoms with Gasteiger partial charge in [-0.25, -0.2) is 0 Å². The second kappa shape index (κ2) is 14.2. The Balaban J connectivity index is 1.18. The van der Waals surface area contributed by atoms with Gasteiger partial charge in [-0.15, -0.1) is 13.2 Å². The molecule has 2 aromatic heterocycles. The molecule has 1 N–H and O–H groups in total. The van der Waals surface area contributed by atoms with Crippen molar-refractivity contribution in [2.24, 2.45) is 0 Å². The molecule has 0 saturated heterocycles. The summed E-state index contributed by atoms with van der Waals surface area (Å²) in [4.78, 5) is 37.1. The third kappa shape index (κ3) is 9.99. The number of hydrogen-bond donors (Lipinski definition) is 1. The number of ether oxygens (including phenoxy) is 1. The van der Waals surface area contributed by atoms with E-state index in [0.29, 0.717) is 29.9 Å². The molecule has 0 aliphatic carbocycles. The number of benzene rings is 2. The predicted molar refractivity (Wildman–Crippen MR) is 150 cm³/mol. The maximum atomic E-state index is 12.5. The number of alkyl halides is 3. The summed E-state index contributed by atoms with van der Waals surface area (Å²) in [5, 5.41) is 11.0. The van der Waals surface area contributed by atoms with E-state index in [1.165, 1.54) is 24.3 Å². The monoisotopic (exact) mass is 578 g/mol. The molecule has 0 spiro atoms. The Hall–Kier alpha value is -4.80. The van der Waals surface area contributed by atoms with Crippen LogP contribution in [0, 0.1) is 0 Å². The highest BCUT2D eigenvalue weighted by atomic mass is 19.4. The third-order valence-electron chi connectivity index (χ3n) is 6.26. The van der Waals surface area contributed by atoms with Crippen molar-refractivity contribution in [3.05, 3.63) is 118 Å². The number of nitrogens with zero attached hydrogens (tertiary/aromatic N) is 3. The van der Waals surface area contributed by atoms with E-state index in [9.17, 15) is 27.6 Å². The lowest BCUT2D eigenvalue weighted by atomic mass is 10.1. The number of Topliss-reactive ketones (excluding diaryl/α,β-unsaturated/α-hetero) is 1. The van der Waals surface area contributed by atoms with Gasteiger partial charge in [0.25, 0.3) is 5.56 Å². The van der Waals surface area contributed by atoms with Crippen LogP contribution in [0.4, 0.5) is 18.9 Å². The number of carbonyl (C=O) groups is 2. The van der Waals surface area contributed by atoms with Gasteiger partial charge >= 0.3 is 6.36 Å². The Labute approximate surface area is 240 Å². The van der Waals surface area contributed by atoms with Crippen molar-refractivity contribution in [3.8, 4) is 5.75 Å². The summed E-state index contributed by atoms with van der Waals surface area (Å²) in [5.41, 5.74) is 2.75. The molecule has 0 bridgehead atoms. The molecule has 8 nitrogen and oxygen atoms in total. The van der Waals surface area contributed by atoms with Crippen molar-refractivity contribution in [3.63, 3.8) is 0 Å². The number of rotatable bonds is 13. The molecule has 4 rings (SSSR count). The van der Waals surface area contributed by atoms with Crippen molar-refractivity contribution in [2.75, 3.05) is 5.32 Å². The fraction of sp³-hybridized carbons (Fsp3) is 0.258. The zero-order chi connectivity index (χ0) is 30.0. The van der Waals surface area contributed by atoms with Crippen LogP contribution in [-0.2, 0) is 41.8 Å².